The van der Waals surface area contributed by atoms with E-state index in [4.69, 9.17) is 10.9 Å². The first kappa shape index (κ1) is 14.4. The number of nitrogens with zero attached hydrogens (tertiary/aromatic N) is 2. The van der Waals surface area contributed by atoms with Crippen molar-refractivity contribution in [1.29, 1.82) is 0 Å². The van der Waals surface area contributed by atoms with Crippen LogP contribution in [-0.2, 0) is 23.6 Å². The van der Waals surface area contributed by atoms with Gasteiger partial charge in [0, 0.05) is 31.9 Å². The Morgan fingerprint density at radius 2 is 2.16 bits per heavy atom. The number of sulfonamides is 1. The second-order valence-electron chi connectivity index (χ2n) is 5.09. The van der Waals surface area contributed by atoms with Gasteiger partial charge >= 0.3 is 0 Å². The van der Waals surface area contributed by atoms with Crippen LogP contribution in [0.1, 0.15) is 31.4 Å². The fraction of sp³-hybridized carbons (Fsp3) is 0.727. The van der Waals surface area contributed by atoms with Gasteiger partial charge in [-0.1, -0.05) is 12.8 Å². The number of hydrogen-bond acceptors (Lipinski definition) is 5. The van der Waals surface area contributed by atoms with Gasteiger partial charge in [-0.25, -0.2) is 13.6 Å². The van der Waals surface area contributed by atoms with Gasteiger partial charge in [-0.05, 0) is 12.8 Å². The molecular weight excluding hydrogens is 266 g/mol. The molecular formula is C11H21N5O2S. The lowest BCUT2D eigenvalue weighted by Gasteiger charge is -2.29. The van der Waals surface area contributed by atoms with Crippen LogP contribution in [0.2, 0.25) is 0 Å². The fourth-order valence-electron chi connectivity index (χ4n) is 2.51. The third-order valence-corrected chi connectivity index (χ3v) is 4.48. The van der Waals surface area contributed by atoms with Crippen molar-refractivity contribution in [2.24, 2.45) is 17.9 Å². The van der Waals surface area contributed by atoms with Crippen molar-refractivity contribution in [3.05, 3.63) is 11.9 Å². The van der Waals surface area contributed by atoms with E-state index in [-0.39, 0.29) is 17.0 Å². The largest absolute Gasteiger partial charge is 0.326 e. The van der Waals surface area contributed by atoms with Crippen molar-refractivity contribution in [2.45, 2.75) is 49.2 Å². The van der Waals surface area contributed by atoms with E-state index in [0.29, 0.717) is 12.2 Å². The van der Waals surface area contributed by atoms with Crippen LogP contribution in [0.3, 0.4) is 0 Å². The fourth-order valence-corrected chi connectivity index (χ4v) is 3.25. The first-order chi connectivity index (χ1) is 8.88. The quantitative estimate of drug-likeness (QED) is 0.685. The lowest BCUT2D eigenvalue weighted by molar-refractivity contribution is 0.324. The zero-order valence-corrected chi connectivity index (χ0v) is 11.9. The summed E-state index contributed by atoms with van der Waals surface area (Å²) in [6.07, 6.45) is 5.74. The van der Waals surface area contributed by atoms with Crippen molar-refractivity contribution in [2.75, 3.05) is 0 Å². The van der Waals surface area contributed by atoms with Gasteiger partial charge in [0.05, 0.1) is 5.69 Å². The van der Waals surface area contributed by atoms with Gasteiger partial charge in [0.25, 0.3) is 0 Å². The summed E-state index contributed by atoms with van der Waals surface area (Å²) in [5.74, 6) is 0. The first-order valence-corrected chi connectivity index (χ1v) is 7.97. The molecule has 1 aliphatic rings. The Labute approximate surface area is 113 Å². The van der Waals surface area contributed by atoms with Gasteiger partial charge in [-0.3, -0.25) is 4.68 Å². The molecule has 0 aliphatic heterocycles. The summed E-state index contributed by atoms with van der Waals surface area (Å²) >= 11 is 0. The van der Waals surface area contributed by atoms with Crippen LogP contribution in [0, 0.1) is 0 Å². The third kappa shape index (κ3) is 3.53. The van der Waals surface area contributed by atoms with Gasteiger partial charge in [0.1, 0.15) is 4.90 Å². The molecule has 7 nitrogen and oxygen atoms in total. The summed E-state index contributed by atoms with van der Waals surface area (Å²) in [6, 6.07) is 0.333. The molecule has 5 N–H and O–H groups in total. The van der Waals surface area contributed by atoms with E-state index in [1.165, 1.54) is 10.9 Å². The van der Waals surface area contributed by atoms with Crippen molar-refractivity contribution in [3.63, 3.8) is 0 Å². The molecule has 1 fully saturated rings. The molecule has 8 heteroatoms. The zero-order valence-electron chi connectivity index (χ0n) is 11.0. The van der Waals surface area contributed by atoms with Crippen molar-refractivity contribution >= 4 is 10.0 Å². The maximum Gasteiger partial charge on any atom is 0.241 e. The highest BCUT2D eigenvalue weighted by molar-refractivity contribution is 7.89. The monoisotopic (exact) mass is 287 g/mol. The lowest BCUT2D eigenvalue weighted by Crippen LogP contribution is -2.46. The predicted octanol–water partition coefficient (Wildman–Crippen LogP) is -0.573. The van der Waals surface area contributed by atoms with Gasteiger partial charge in [-0.15, -0.1) is 0 Å². The van der Waals surface area contributed by atoms with Gasteiger partial charge in [-0.2, -0.15) is 5.10 Å². The minimum atomic E-state index is -3.73. The number of aromatic nitrogens is 2. The Kier molecular flexibility index (Phi) is 4.24. The maximum absolute atomic E-state index is 11.5. The van der Waals surface area contributed by atoms with Crippen LogP contribution in [-0.4, -0.2) is 30.3 Å². The smallest absolute Gasteiger partial charge is 0.241 e. The summed E-state index contributed by atoms with van der Waals surface area (Å²) in [6.45, 7) is 0.366. The number of hydrogen-bond donors (Lipinski definition) is 3. The molecule has 1 aromatic rings. The summed E-state index contributed by atoms with van der Waals surface area (Å²) in [4.78, 5) is 0.0758. The van der Waals surface area contributed by atoms with Crippen LogP contribution in [0.15, 0.2) is 11.1 Å². The molecule has 0 unspecified atom stereocenters. The van der Waals surface area contributed by atoms with E-state index in [1.54, 1.807) is 7.05 Å². The molecule has 0 aromatic carbocycles. The number of nitrogens with one attached hydrogen (secondary N) is 1. The van der Waals surface area contributed by atoms with Crippen LogP contribution in [0.4, 0.5) is 0 Å². The van der Waals surface area contributed by atoms with Crippen LogP contribution < -0.4 is 16.2 Å². The predicted molar refractivity (Wildman–Crippen MR) is 71.7 cm³/mol. The van der Waals surface area contributed by atoms with Gasteiger partial charge in [0.2, 0.25) is 10.0 Å². The number of aryl methyl sites for hydroxylation is 1. The Balaban J connectivity index is 2.07. The Hall–Kier alpha value is -0.960. The highest BCUT2D eigenvalue weighted by atomic mass is 32.2. The van der Waals surface area contributed by atoms with Crippen molar-refractivity contribution < 1.29 is 8.42 Å². The van der Waals surface area contributed by atoms with E-state index in [2.05, 4.69) is 10.4 Å². The maximum atomic E-state index is 11.5. The molecule has 0 amide bonds. The molecule has 1 heterocycles. The average molecular weight is 287 g/mol. The minimum Gasteiger partial charge on any atom is -0.326 e. The Bertz CT molecular complexity index is 539. The summed E-state index contributed by atoms with van der Waals surface area (Å²) in [7, 11) is -2.06. The van der Waals surface area contributed by atoms with E-state index >= 15 is 0 Å². The topological polar surface area (TPSA) is 116 Å². The standard InChI is InChI=1S/C11H21N5O2S/c1-16-7-11(19(13,17)18)10(15-16)6-14-9-5-3-2-4-8(9)12/h7-9,14H,2-6,12H2,1H3,(H2,13,17,18)/t8-,9+/m0/s1. The molecule has 1 saturated carbocycles. The second kappa shape index (κ2) is 5.58. The van der Waals surface area contributed by atoms with Crippen LogP contribution in [0.25, 0.3) is 0 Å². The summed E-state index contributed by atoms with van der Waals surface area (Å²) in [5.41, 5.74) is 6.49. The molecule has 108 valence electrons. The van der Waals surface area contributed by atoms with Gasteiger partial charge in [0.15, 0.2) is 0 Å². The normalized spacial score (nSPS) is 24.6. The van der Waals surface area contributed by atoms with E-state index in [1.807, 2.05) is 0 Å². The van der Waals surface area contributed by atoms with E-state index in [9.17, 15) is 8.42 Å². The zero-order chi connectivity index (χ0) is 14.0. The molecule has 0 spiro atoms. The second-order valence-corrected chi connectivity index (χ2v) is 6.62. The molecule has 1 aromatic heterocycles. The highest BCUT2D eigenvalue weighted by Gasteiger charge is 2.23. The molecule has 19 heavy (non-hydrogen) atoms. The lowest BCUT2D eigenvalue weighted by atomic mass is 9.91. The summed E-state index contributed by atoms with van der Waals surface area (Å²) in [5, 5.41) is 12.6. The first-order valence-electron chi connectivity index (χ1n) is 6.42. The van der Waals surface area contributed by atoms with Gasteiger partial charge < -0.3 is 11.1 Å². The van der Waals surface area contributed by atoms with Crippen molar-refractivity contribution in [1.82, 2.24) is 15.1 Å². The van der Waals surface area contributed by atoms with Crippen LogP contribution in [0.5, 0.6) is 0 Å². The Morgan fingerprint density at radius 3 is 2.79 bits per heavy atom. The molecule has 0 bridgehead atoms. The average Bonchev–Trinajstić information content (AvgIpc) is 2.69. The SMILES string of the molecule is Cn1cc(S(N)(=O)=O)c(CN[C@@H]2CCCC[C@@H]2N)n1. The number of nitrogens with two attached hydrogens (primary N) is 2. The number of rotatable bonds is 4. The minimum absolute atomic E-state index is 0.0758. The Morgan fingerprint density at radius 1 is 1.47 bits per heavy atom. The highest BCUT2D eigenvalue weighted by Crippen LogP contribution is 2.18. The summed E-state index contributed by atoms with van der Waals surface area (Å²) < 4.78 is 24.4. The number of primary sulfonamides is 1. The van der Waals surface area contributed by atoms with E-state index < -0.39 is 10.0 Å². The molecule has 1 aliphatic carbocycles. The van der Waals surface area contributed by atoms with E-state index in [0.717, 1.165) is 25.7 Å². The molecule has 2 rings (SSSR count). The van der Waals surface area contributed by atoms with Crippen molar-refractivity contribution in [3.8, 4) is 0 Å². The molecule has 0 saturated heterocycles. The molecule has 0 radical (unpaired) electrons. The molecule has 2 atom stereocenters. The van der Waals surface area contributed by atoms with Crippen LogP contribution >= 0.6 is 0 Å². The third-order valence-electron chi connectivity index (χ3n) is 3.52.